The number of pyridine rings is 1. The van der Waals surface area contributed by atoms with Crippen molar-refractivity contribution in [3.05, 3.63) is 66.0 Å². The molecule has 3 aromatic rings. The van der Waals surface area contributed by atoms with Crippen LogP contribution in [0.4, 0.5) is 11.6 Å². The summed E-state index contributed by atoms with van der Waals surface area (Å²) in [4.78, 5) is 16.3. The van der Waals surface area contributed by atoms with Gasteiger partial charge in [-0.1, -0.05) is 12.1 Å². The molecule has 0 saturated heterocycles. The lowest BCUT2D eigenvalue weighted by Crippen LogP contribution is -2.14. The number of aromatic nitrogens is 3. The quantitative estimate of drug-likeness (QED) is 0.576. The van der Waals surface area contributed by atoms with E-state index in [1.54, 1.807) is 38.7 Å². The van der Waals surface area contributed by atoms with Crippen LogP contribution in [0.25, 0.3) is 0 Å². The predicted octanol–water partition coefficient (Wildman–Crippen LogP) is 3.07. The highest BCUT2D eigenvalue weighted by molar-refractivity contribution is 5.89. The van der Waals surface area contributed by atoms with Gasteiger partial charge in [-0.2, -0.15) is 0 Å². The molecule has 0 spiro atoms. The Labute approximate surface area is 169 Å². The summed E-state index contributed by atoms with van der Waals surface area (Å²) in [5.41, 5.74) is 2.03. The molecule has 29 heavy (non-hydrogen) atoms. The third kappa shape index (κ3) is 5.90. The molecule has 0 unspecified atom stereocenters. The highest BCUT2D eigenvalue weighted by Gasteiger charge is 2.08. The van der Waals surface area contributed by atoms with E-state index in [9.17, 15) is 4.79 Å². The van der Waals surface area contributed by atoms with Crippen molar-refractivity contribution in [2.45, 2.75) is 19.4 Å². The fourth-order valence-corrected chi connectivity index (χ4v) is 2.69. The Morgan fingerprint density at radius 1 is 0.966 bits per heavy atom. The normalized spacial score (nSPS) is 10.3. The summed E-state index contributed by atoms with van der Waals surface area (Å²) >= 11 is 0. The van der Waals surface area contributed by atoms with Crippen LogP contribution in [-0.4, -0.2) is 35.3 Å². The first-order valence-electron chi connectivity index (χ1n) is 9.15. The summed E-state index contributed by atoms with van der Waals surface area (Å²) in [5.74, 6) is 2.20. The van der Waals surface area contributed by atoms with Gasteiger partial charge in [0, 0.05) is 25.4 Å². The second-order valence-electron chi connectivity index (χ2n) is 6.26. The van der Waals surface area contributed by atoms with Crippen molar-refractivity contribution in [2.75, 3.05) is 24.9 Å². The largest absolute Gasteiger partial charge is 0.493 e. The Morgan fingerprint density at radius 2 is 1.76 bits per heavy atom. The molecule has 1 aromatic carbocycles. The number of carbonyl (C=O) groups excluding carboxylic acids is 1. The molecule has 0 aliphatic carbocycles. The number of rotatable bonds is 9. The molecular formula is C21H23N5O3. The Hall–Kier alpha value is -3.68. The predicted molar refractivity (Wildman–Crippen MR) is 110 cm³/mol. The summed E-state index contributed by atoms with van der Waals surface area (Å²) in [7, 11) is 3.17. The average Bonchev–Trinajstić information content (AvgIpc) is 2.77. The van der Waals surface area contributed by atoms with E-state index in [-0.39, 0.29) is 5.91 Å². The van der Waals surface area contributed by atoms with Gasteiger partial charge in [-0.25, -0.2) is 0 Å². The van der Waals surface area contributed by atoms with Gasteiger partial charge in [0.15, 0.2) is 17.3 Å². The lowest BCUT2D eigenvalue weighted by molar-refractivity contribution is -0.116. The van der Waals surface area contributed by atoms with Gasteiger partial charge in [0.1, 0.15) is 5.82 Å². The number of nitrogens with zero attached hydrogens (tertiary/aromatic N) is 3. The molecule has 2 aromatic heterocycles. The van der Waals surface area contributed by atoms with E-state index in [0.717, 1.165) is 11.1 Å². The van der Waals surface area contributed by atoms with Crippen LogP contribution in [0, 0.1) is 0 Å². The molecule has 8 nitrogen and oxygen atoms in total. The highest BCUT2D eigenvalue weighted by atomic mass is 16.5. The molecule has 3 rings (SSSR count). The van der Waals surface area contributed by atoms with Crippen LogP contribution in [0.2, 0.25) is 0 Å². The van der Waals surface area contributed by atoms with E-state index in [4.69, 9.17) is 9.47 Å². The Kier molecular flexibility index (Phi) is 6.94. The fraction of sp³-hybridized carbons (Fsp3) is 0.238. The van der Waals surface area contributed by atoms with E-state index in [1.807, 2.05) is 30.3 Å². The molecule has 2 heterocycles. The van der Waals surface area contributed by atoms with Crippen LogP contribution in [0.3, 0.4) is 0 Å². The number of methoxy groups -OCH3 is 2. The molecule has 0 fully saturated rings. The van der Waals surface area contributed by atoms with Crippen LogP contribution in [0.5, 0.6) is 11.5 Å². The molecule has 8 heteroatoms. The number of anilines is 2. The van der Waals surface area contributed by atoms with Crippen LogP contribution in [0.15, 0.2) is 54.9 Å². The molecule has 0 radical (unpaired) electrons. The molecule has 0 saturated carbocycles. The molecular weight excluding hydrogens is 370 g/mol. The molecule has 0 aliphatic rings. The lowest BCUT2D eigenvalue weighted by atomic mass is 10.1. The van der Waals surface area contributed by atoms with E-state index in [1.165, 1.54) is 0 Å². The third-order valence-electron chi connectivity index (χ3n) is 4.22. The maximum atomic E-state index is 12.2. The number of ether oxygens (including phenoxy) is 2. The van der Waals surface area contributed by atoms with Gasteiger partial charge in [0.05, 0.1) is 14.2 Å². The number of hydrogen-bond acceptors (Lipinski definition) is 7. The van der Waals surface area contributed by atoms with Gasteiger partial charge in [0.2, 0.25) is 5.91 Å². The molecule has 0 bridgehead atoms. The second-order valence-corrected chi connectivity index (χ2v) is 6.26. The molecule has 0 aliphatic heterocycles. The zero-order valence-corrected chi connectivity index (χ0v) is 16.4. The lowest BCUT2D eigenvalue weighted by Gasteiger charge is -2.10. The van der Waals surface area contributed by atoms with Crippen molar-refractivity contribution in [3.63, 3.8) is 0 Å². The summed E-state index contributed by atoms with van der Waals surface area (Å²) < 4.78 is 10.5. The SMILES string of the molecule is COc1ccc(CCC(=O)Nc2ccc(NCc3cccnc3)nn2)cc1OC. The van der Waals surface area contributed by atoms with Crippen molar-refractivity contribution in [2.24, 2.45) is 0 Å². The van der Waals surface area contributed by atoms with Gasteiger partial charge in [0.25, 0.3) is 0 Å². The zero-order chi connectivity index (χ0) is 20.5. The first-order chi connectivity index (χ1) is 14.2. The van der Waals surface area contributed by atoms with Crippen LogP contribution >= 0.6 is 0 Å². The van der Waals surface area contributed by atoms with E-state index >= 15 is 0 Å². The minimum absolute atomic E-state index is 0.134. The van der Waals surface area contributed by atoms with Gasteiger partial charge < -0.3 is 20.1 Å². The Morgan fingerprint density at radius 3 is 2.45 bits per heavy atom. The van der Waals surface area contributed by atoms with Crippen LogP contribution in [0.1, 0.15) is 17.5 Å². The van der Waals surface area contributed by atoms with Gasteiger partial charge >= 0.3 is 0 Å². The van der Waals surface area contributed by atoms with E-state index in [0.29, 0.717) is 42.5 Å². The summed E-state index contributed by atoms with van der Waals surface area (Å²) in [6.07, 6.45) is 4.40. The maximum absolute atomic E-state index is 12.2. The standard InChI is InChI=1S/C21H23N5O3/c1-28-17-7-5-15(12-18(17)29-2)6-10-21(27)24-20-9-8-19(25-26-20)23-14-16-4-3-11-22-13-16/h3-5,7-9,11-13H,6,10,14H2,1-2H3,(H,23,25)(H,24,26,27). The summed E-state index contributed by atoms with van der Waals surface area (Å²) in [5, 5.41) is 14.0. The van der Waals surface area contributed by atoms with Crippen LogP contribution in [-0.2, 0) is 17.8 Å². The first-order valence-corrected chi connectivity index (χ1v) is 9.15. The Balaban J connectivity index is 1.48. The second kappa shape index (κ2) is 10.0. The van der Waals surface area contributed by atoms with Gasteiger partial charge in [-0.3, -0.25) is 9.78 Å². The number of hydrogen-bond donors (Lipinski definition) is 2. The Bertz CT molecular complexity index is 933. The number of benzene rings is 1. The monoisotopic (exact) mass is 393 g/mol. The number of carbonyl (C=O) groups is 1. The first kappa shape index (κ1) is 20.1. The number of aryl methyl sites for hydroxylation is 1. The third-order valence-corrected chi connectivity index (χ3v) is 4.22. The fourth-order valence-electron chi connectivity index (χ4n) is 2.69. The average molecular weight is 393 g/mol. The number of nitrogens with one attached hydrogen (secondary N) is 2. The maximum Gasteiger partial charge on any atom is 0.225 e. The summed E-state index contributed by atoms with van der Waals surface area (Å²) in [6, 6.07) is 12.9. The molecule has 1 amide bonds. The number of amides is 1. The smallest absolute Gasteiger partial charge is 0.225 e. The minimum Gasteiger partial charge on any atom is -0.493 e. The van der Waals surface area contributed by atoms with Crippen molar-refractivity contribution in [1.29, 1.82) is 0 Å². The minimum atomic E-state index is -0.134. The van der Waals surface area contributed by atoms with Crippen molar-refractivity contribution in [3.8, 4) is 11.5 Å². The molecule has 150 valence electrons. The van der Waals surface area contributed by atoms with E-state index in [2.05, 4.69) is 25.8 Å². The summed E-state index contributed by atoms with van der Waals surface area (Å²) in [6.45, 7) is 0.597. The van der Waals surface area contributed by atoms with Crippen molar-refractivity contribution in [1.82, 2.24) is 15.2 Å². The zero-order valence-electron chi connectivity index (χ0n) is 16.4. The van der Waals surface area contributed by atoms with Crippen molar-refractivity contribution >= 4 is 17.5 Å². The van der Waals surface area contributed by atoms with Crippen LogP contribution < -0.4 is 20.1 Å². The topological polar surface area (TPSA) is 98.3 Å². The highest BCUT2D eigenvalue weighted by Crippen LogP contribution is 2.28. The molecule has 0 atom stereocenters. The van der Waals surface area contributed by atoms with Crippen molar-refractivity contribution < 1.29 is 14.3 Å². The van der Waals surface area contributed by atoms with E-state index < -0.39 is 0 Å². The van der Waals surface area contributed by atoms with Gasteiger partial charge in [-0.05, 0) is 47.9 Å². The van der Waals surface area contributed by atoms with Gasteiger partial charge in [-0.15, -0.1) is 10.2 Å². The molecule has 2 N–H and O–H groups in total.